The van der Waals surface area contributed by atoms with E-state index in [-0.39, 0.29) is 5.91 Å². The van der Waals surface area contributed by atoms with Crippen LogP contribution in [0.2, 0.25) is 0 Å². The quantitative estimate of drug-likeness (QED) is 0.851. The monoisotopic (exact) mass is 248 g/mol. The molecule has 0 saturated heterocycles. The van der Waals surface area contributed by atoms with Gasteiger partial charge in [-0.1, -0.05) is 0 Å². The van der Waals surface area contributed by atoms with E-state index in [0.717, 1.165) is 10.7 Å². The van der Waals surface area contributed by atoms with Gasteiger partial charge in [0.25, 0.3) is 5.91 Å². The van der Waals surface area contributed by atoms with Gasteiger partial charge in [-0.05, 0) is 26.0 Å². The van der Waals surface area contributed by atoms with E-state index in [9.17, 15) is 4.79 Å². The number of carbonyl (C=O) groups is 1. The van der Waals surface area contributed by atoms with Crippen LogP contribution in [0, 0.1) is 13.8 Å². The summed E-state index contributed by atoms with van der Waals surface area (Å²) in [5, 5.41) is 3.63. The minimum absolute atomic E-state index is 0.167. The third-order valence-electron chi connectivity index (χ3n) is 2.15. The molecule has 2 aromatic rings. The van der Waals surface area contributed by atoms with E-state index < -0.39 is 0 Å². The smallest absolute Gasteiger partial charge is 0.267 e. The van der Waals surface area contributed by atoms with Crippen molar-refractivity contribution >= 4 is 28.7 Å². The first-order chi connectivity index (χ1) is 8.06. The van der Waals surface area contributed by atoms with Crippen LogP contribution in [0.15, 0.2) is 18.3 Å². The van der Waals surface area contributed by atoms with Crippen LogP contribution in [0.1, 0.15) is 20.4 Å². The number of pyridine rings is 1. The predicted octanol–water partition coefficient (Wildman–Crippen LogP) is 1.99. The van der Waals surface area contributed by atoms with E-state index in [2.05, 4.69) is 15.3 Å². The molecule has 0 aliphatic carbocycles. The fraction of sp³-hybridized carbons (Fsp3) is 0.182. The Hall–Kier alpha value is -1.95. The molecule has 17 heavy (non-hydrogen) atoms. The number of nitrogens with one attached hydrogen (secondary N) is 1. The molecule has 0 aliphatic heterocycles. The molecule has 0 aromatic carbocycles. The molecule has 0 aliphatic rings. The van der Waals surface area contributed by atoms with Crippen molar-refractivity contribution < 1.29 is 4.79 Å². The first-order valence-electron chi connectivity index (χ1n) is 5.03. The number of nitrogens with two attached hydrogens (primary N) is 1. The van der Waals surface area contributed by atoms with Crippen LogP contribution < -0.4 is 11.1 Å². The Morgan fingerprint density at radius 1 is 1.41 bits per heavy atom. The molecular formula is C11H12N4OS. The third-order valence-corrected chi connectivity index (χ3v) is 3.23. The van der Waals surface area contributed by atoms with Crippen molar-refractivity contribution in [3.05, 3.63) is 33.9 Å². The van der Waals surface area contributed by atoms with Gasteiger partial charge in [0.05, 0.1) is 22.6 Å². The first kappa shape index (κ1) is 11.5. The third kappa shape index (κ3) is 2.59. The number of amides is 1. The molecule has 88 valence electrons. The van der Waals surface area contributed by atoms with E-state index in [1.165, 1.54) is 17.5 Å². The second-order valence-electron chi connectivity index (χ2n) is 3.57. The van der Waals surface area contributed by atoms with Gasteiger partial charge in [0, 0.05) is 0 Å². The molecule has 5 nitrogen and oxygen atoms in total. The topological polar surface area (TPSA) is 80.9 Å². The number of aryl methyl sites for hydroxylation is 2. The van der Waals surface area contributed by atoms with Crippen molar-refractivity contribution in [1.29, 1.82) is 0 Å². The van der Waals surface area contributed by atoms with E-state index in [1.807, 2.05) is 13.8 Å². The van der Waals surface area contributed by atoms with Gasteiger partial charge in [-0.15, -0.1) is 11.3 Å². The predicted molar refractivity (Wildman–Crippen MR) is 68.2 cm³/mol. The number of aromatic nitrogens is 2. The Bertz CT molecular complexity index is 547. The number of hydrogen-bond acceptors (Lipinski definition) is 5. The first-order valence-corrected chi connectivity index (χ1v) is 5.85. The summed E-state index contributed by atoms with van der Waals surface area (Å²) >= 11 is 1.38. The number of nitrogens with zero attached hydrogens (tertiary/aromatic N) is 2. The number of nitrogen functional groups attached to an aromatic ring is 1. The molecule has 6 heteroatoms. The summed E-state index contributed by atoms with van der Waals surface area (Å²) in [5.74, 6) is 0.257. The summed E-state index contributed by atoms with van der Waals surface area (Å²) in [6.45, 7) is 3.69. The minimum Gasteiger partial charge on any atom is -0.384 e. The maximum atomic E-state index is 11.9. The SMILES string of the molecule is Cc1nc(C)c(C(=O)Nc2ccc(N)nc2)s1. The largest absolute Gasteiger partial charge is 0.384 e. The Kier molecular flexibility index (Phi) is 3.06. The average Bonchev–Trinajstić information content (AvgIpc) is 2.61. The minimum atomic E-state index is -0.167. The molecule has 0 unspecified atom stereocenters. The highest BCUT2D eigenvalue weighted by Crippen LogP contribution is 2.18. The second kappa shape index (κ2) is 4.50. The van der Waals surface area contributed by atoms with Crippen molar-refractivity contribution in [2.75, 3.05) is 11.1 Å². The molecule has 0 atom stereocenters. The van der Waals surface area contributed by atoms with Crippen molar-refractivity contribution in [3.63, 3.8) is 0 Å². The lowest BCUT2D eigenvalue weighted by atomic mass is 10.3. The van der Waals surface area contributed by atoms with Gasteiger partial charge in [-0.25, -0.2) is 9.97 Å². The normalized spacial score (nSPS) is 10.2. The zero-order valence-corrected chi connectivity index (χ0v) is 10.3. The maximum absolute atomic E-state index is 11.9. The molecule has 0 radical (unpaired) electrons. The standard InChI is InChI=1S/C11H12N4OS/c1-6-10(17-7(2)14-6)11(16)15-8-3-4-9(12)13-5-8/h3-5H,1-2H3,(H2,12,13)(H,15,16). The van der Waals surface area contributed by atoms with Crippen LogP contribution in [-0.2, 0) is 0 Å². The maximum Gasteiger partial charge on any atom is 0.267 e. The van der Waals surface area contributed by atoms with Gasteiger partial charge >= 0.3 is 0 Å². The van der Waals surface area contributed by atoms with Crippen LogP contribution in [0.25, 0.3) is 0 Å². The molecule has 0 fully saturated rings. The lowest BCUT2D eigenvalue weighted by Crippen LogP contribution is -2.11. The van der Waals surface area contributed by atoms with Gasteiger partial charge in [0.1, 0.15) is 10.7 Å². The highest BCUT2D eigenvalue weighted by Gasteiger charge is 2.13. The van der Waals surface area contributed by atoms with E-state index in [4.69, 9.17) is 5.73 Å². The van der Waals surface area contributed by atoms with Gasteiger partial charge in [0.15, 0.2) is 0 Å². The molecular weight excluding hydrogens is 236 g/mol. The van der Waals surface area contributed by atoms with E-state index in [1.54, 1.807) is 12.1 Å². The highest BCUT2D eigenvalue weighted by molar-refractivity contribution is 7.13. The highest BCUT2D eigenvalue weighted by atomic mass is 32.1. The zero-order valence-electron chi connectivity index (χ0n) is 9.52. The van der Waals surface area contributed by atoms with Gasteiger partial charge in [-0.2, -0.15) is 0 Å². The molecule has 1 amide bonds. The zero-order chi connectivity index (χ0) is 12.4. The van der Waals surface area contributed by atoms with Crippen LogP contribution in [0.4, 0.5) is 11.5 Å². The molecule has 0 bridgehead atoms. The summed E-state index contributed by atoms with van der Waals surface area (Å²) < 4.78 is 0. The fourth-order valence-electron chi connectivity index (χ4n) is 1.41. The number of hydrogen-bond donors (Lipinski definition) is 2. The second-order valence-corrected chi connectivity index (χ2v) is 4.78. The molecule has 0 spiro atoms. The average molecular weight is 248 g/mol. The lowest BCUT2D eigenvalue weighted by molar-refractivity contribution is 0.103. The summed E-state index contributed by atoms with van der Waals surface area (Å²) in [6, 6.07) is 3.35. The summed E-state index contributed by atoms with van der Waals surface area (Å²) in [4.78, 5) is 20.7. The fourth-order valence-corrected chi connectivity index (χ4v) is 2.22. The molecule has 0 saturated carbocycles. The molecule has 3 N–H and O–H groups in total. The number of carbonyl (C=O) groups excluding carboxylic acids is 1. The van der Waals surface area contributed by atoms with Crippen LogP contribution in [-0.4, -0.2) is 15.9 Å². The lowest BCUT2D eigenvalue weighted by Gasteiger charge is -2.03. The van der Waals surface area contributed by atoms with Crippen molar-refractivity contribution in [3.8, 4) is 0 Å². The number of thiazole rings is 1. The molecule has 2 rings (SSSR count). The Balaban J connectivity index is 2.17. The van der Waals surface area contributed by atoms with Crippen molar-refractivity contribution in [2.45, 2.75) is 13.8 Å². The van der Waals surface area contributed by atoms with E-state index in [0.29, 0.717) is 16.4 Å². The van der Waals surface area contributed by atoms with Crippen molar-refractivity contribution in [2.24, 2.45) is 0 Å². The van der Waals surface area contributed by atoms with Gasteiger partial charge in [-0.3, -0.25) is 4.79 Å². The van der Waals surface area contributed by atoms with E-state index >= 15 is 0 Å². The Morgan fingerprint density at radius 3 is 2.71 bits per heavy atom. The Labute approximate surface area is 103 Å². The van der Waals surface area contributed by atoms with Crippen molar-refractivity contribution in [1.82, 2.24) is 9.97 Å². The number of anilines is 2. The van der Waals surface area contributed by atoms with Gasteiger partial charge in [0.2, 0.25) is 0 Å². The molecule has 2 aromatic heterocycles. The van der Waals surface area contributed by atoms with Crippen LogP contribution in [0.3, 0.4) is 0 Å². The van der Waals surface area contributed by atoms with Crippen LogP contribution >= 0.6 is 11.3 Å². The van der Waals surface area contributed by atoms with Gasteiger partial charge < -0.3 is 11.1 Å². The summed E-state index contributed by atoms with van der Waals surface area (Å²) in [6.07, 6.45) is 1.52. The Morgan fingerprint density at radius 2 is 2.18 bits per heavy atom. The summed E-state index contributed by atoms with van der Waals surface area (Å²) in [7, 11) is 0. The summed E-state index contributed by atoms with van der Waals surface area (Å²) in [5.41, 5.74) is 6.83. The molecule has 2 heterocycles. The van der Waals surface area contributed by atoms with Crippen LogP contribution in [0.5, 0.6) is 0 Å². The number of rotatable bonds is 2.